The van der Waals surface area contributed by atoms with E-state index in [1.54, 1.807) is 31.2 Å². The van der Waals surface area contributed by atoms with Crippen LogP contribution in [-0.4, -0.2) is 30.8 Å². The number of anilines is 1. The lowest BCUT2D eigenvalue weighted by atomic mass is 10.1. The highest BCUT2D eigenvalue weighted by molar-refractivity contribution is 6.04. The fraction of sp³-hybridized carbons (Fsp3) is 0.261. The van der Waals surface area contributed by atoms with Gasteiger partial charge in [-0.15, -0.1) is 10.2 Å². The Bertz CT molecular complexity index is 1230. The molecule has 8 heteroatoms. The summed E-state index contributed by atoms with van der Waals surface area (Å²) in [4.78, 5) is 16.9. The number of carbonyl (C=O) groups excluding carboxylic acids is 1. The molecular formula is C23H22N6O2. The summed E-state index contributed by atoms with van der Waals surface area (Å²) < 4.78 is 7.37. The number of nitrogens with one attached hydrogen (secondary N) is 1. The Labute approximate surface area is 179 Å². The molecule has 3 heterocycles. The Morgan fingerprint density at radius 1 is 1.03 bits per heavy atom. The molecule has 0 atom stereocenters. The summed E-state index contributed by atoms with van der Waals surface area (Å²) in [6, 6.07) is 14.8. The third kappa shape index (κ3) is 3.96. The number of aryl methyl sites for hydroxylation is 2. The maximum absolute atomic E-state index is 12.7. The van der Waals surface area contributed by atoms with E-state index < -0.39 is 0 Å². The molecule has 1 amide bonds. The summed E-state index contributed by atoms with van der Waals surface area (Å²) in [6.45, 7) is 2.69. The predicted octanol–water partition coefficient (Wildman–Crippen LogP) is 4.28. The van der Waals surface area contributed by atoms with Crippen LogP contribution >= 0.6 is 0 Å². The second kappa shape index (κ2) is 8.14. The van der Waals surface area contributed by atoms with E-state index in [0.717, 1.165) is 48.6 Å². The van der Waals surface area contributed by atoms with Crippen molar-refractivity contribution in [3.63, 3.8) is 0 Å². The Morgan fingerprint density at radius 3 is 2.71 bits per heavy atom. The molecule has 0 fully saturated rings. The lowest BCUT2D eigenvalue weighted by Crippen LogP contribution is -2.12. The minimum atomic E-state index is -0.189. The summed E-state index contributed by atoms with van der Waals surface area (Å²) >= 11 is 0. The van der Waals surface area contributed by atoms with Gasteiger partial charge in [-0.25, -0.2) is 0 Å². The summed E-state index contributed by atoms with van der Waals surface area (Å²) in [5, 5.41) is 15.5. The maximum Gasteiger partial charge on any atom is 0.257 e. The predicted molar refractivity (Wildman–Crippen MR) is 115 cm³/mol. The monoisotopic (exact) mass is 414 g/mol. The van der Waals surface area contributed by atoms with Gasteiger partial charge in [-0.3, -0.25) is 4.79 Å². The van der Waals surface area contributed by atoms with Gasteiger partial charge in [-0.2, -0.15) is 4.98 Å². The molecular weight excluding hydrogens is 392 g/mol. The number of rotatable bonds is 4. The van der Waals surface area contributed by atoms with Crippen LogP contribution in [-0.2, 0) is 13.0 Å². The molecule has 0 saturated carbocycles. The number of amides is 1. The van der Waals surface area contributed by atoms with E-state index in [1.165, 1.54) is 6.42 Å². The molecule has 0 unspecified atom stereocenters. The largest absolute Gasteiger partial charge is 0.334 e. The minimum absolute atomic E-state index is 0.189. The fourth-order valence-electron chi connectivity index (χ4n) is 3.82. The van der Waals surface area contributed by atoms with Crippen LogP contribution in [0.5, 0.6) is 0 Å². The molecule has 0 aliphatic carbocycles. The van der Waals surface area contributed by atoms with E-state index in [9.17, 15) is 4.79 Å². The molecule has 31 heavy (non-hydrogen) atoms. The molecule has 2 aromatic heterocycles. The number of fused-ring (bicyclic) bond motifs is 1. The number of hydrogen-bond acceptors (Lipinski definition) is 6. The van der Waals surface area contributed by atoms with Crippen LogP contribution in [0.15, 0.2) is 53.1 Å². The highest BCUT2D eigenvalue weighted by atomic mass is 16.5. The Hall–Kier alpha value is -3.81. The summed E-state index contributed by atoms with van der Waals surface area (Å²) in [5.41, 5.74) is 2.97. The standard InChI is InChI=1S/C23H22N6O2/c1-15-24-23(31-28-15)17-11-9-16(10-12-17)22(30)25-19-7-5-6-18(14-19)21-27-26-20-8-3-2-4-13-29(20)21/h5-7,9-12,14H,2-4,8,13H2,1H3,(H,25,30). The molecule has 0 bridgehead atoms. The molecule has 0 radical (unpaired) electrons. The van der Waals surface area contributed by atoms with Gasteiger partial charge >= 0.3 is 0 Å². The van der Waals surface area contributed by atoms with Crippen LogP contribution < -0.4 is 5.32 Å². The quantitative estimate of drug-likeness (QED) is 0.535. The highest BCUT2D eigenvalue weighted by Gasteiger charge is 2.16. The lowest BCUT2D eigenvalue weighted by Gasteiger charge is -2.10. The molecule has 0 spiro atoms. The smallest absolute Gasteiger partial charge is 0.257 e. The Balaban J connectivity index is 1.34. The second-order valence-corrected chi connectivity index (χ2v) is 7.66. The van der Waals surface area contributed by atoms with E-state index in [-0.39, 0.29) is 5.91 Å². The number of carbonyl (C=O) groups is 1. The van der Waals surface area contributed by atoms with Gasteiger partial charge in [-0.1, -0.05) is 23.7 Å². The van der Waals surface area contributed by atoms with Crippen LogP contribution in [0.2, 0.25) is 0 Å². The van der Waals surface area contributed by atoms with E-state index in [2.05, 4.69) is 30.2 Å². The van der Waals surface area contributed by atoms with Crippen molar-refractivity contribution in [1.82, 2.24) is 24.9 Å². The van der Waals surface area contributed by atoms with Gasteiger partial charge in [0.15, 0.2) is 11.6 Å². The van der Waals surface area contributed by atoms with Crippen LogP contribution in [0.1, 0.15) is 41.3 Å². The summed E-state index contributed by atoms with van der Waals surface area (Å²) in [7, 11) is 0. The Morgan fingerprint density at radius 2 is 1.90 bits per heavy atom. The third-order valence-corrected chi connectivity index (χ3v) is 5.41. The number of aromatic nitrogens is 5. The average Bonchev–Trinajstić information content (AvgIpc) is 3.33. The second-order valence-electron chi connectivity index (χ2n) is 7.66. The number of benzene rings is 2. The zero-order valence-electron chi connectivity index (χ0n) is 17.2. The summed E-state index contributed by atoms with van der Waals surface area (Å²) in [5.74, 6) is 2.71. The molecule has 1 aliphatic rings. The van der Waals surface area contributed by atoms with Crippen LogP contribution in [0, 0.1) is 6.92 Å². The number of nitrogens with zero attached hydrogens (tertiary/aromatic N) is 5. The van der Waals surface area contributed by atoms with Crippen molar-refractivity contribution < 1.29 is 9.32 Å². The van der Waals surface area contributed by atoms with Crippen molar-refractivity contribution in [2.24, 2.45) is 0 Å². The molecule has 1 aliphatic heterocycles. The van der Waals surface area contributed by atoms with Gasteiger partial charge < -0.3 is 14.4 Å². The topological polar surface area (TPSA) is 98.7 Å². The van der Waals surface area contributed by atoms with Gasteiger partial charge in [0.2, 0.25) is 0 Å². The van der Waals surface area contributed by atoms with E-state index >= 15 is 0 Å². The molecule has 2 aromatic carbocycles. The van der Waals surface area contributed by atoms with Gasteiger partial charge in [0.1, 0.15) is 5.82 Å². The molecule has 5 rings (SSSR count). The van der Waals surface area contributed by atoms with E-state index in [0.29, 0.717) is 23.0 Å². The molecule has 8 nitrogen and oxygen atoms in total. The maximum atomic E-state index is 12.7. The van der Waals surface area contributed by atoms with Crippen LogP contribution in [0.4, 0.5) is 5.69 Å². The zero-order chi connectivity index (χ0) is 21.2. The van der Waals surface area contributed by atoms with Gasteiger partial charge in [0.25, 0.3) is 11.8 Å². The lowest BCUT2D eigenvalue weighted by molar-refractivity contribution is 0.102. The molecule has 0 saturated heterocycles. The SMILES string of the molecule is Cc1noc(-c2ccc(C(=O)Nc3cccc(-c4nnc5n4CCCCC5)c3)cc2)n1. The molecule has 4 aromatic rings. The first-order valence-corrected chi connectivity index (χ1v) is 10.4. The molecule has 156 valence electrons. The van der Waals surface area contributed by atoms with Crippen molar-refractivity contribution in [3.8, 4) is 22.8 Å². The van der Waals surface area contributed by atoms with E-state index in [4.69, 9.17) is 4.52 Å². The van der Waals surface area contributed by atoms with Crippen molar-refractivity contribution in [2.45, 2.75) is 39.2 Å². The van der Waals surface area contributed by atoms with Crippen molar-refractivity contribution in [3.05, 3.63) is 65.7 Å². The first-order valence-electron chi connectivity index (χ1n) is 10.4. The van der Waals surface area contributed by atoms with Crippen molar-refractivity contribution in [1.29, 1.82) is 0 Å². The van der Waals surface area contributed by atoms with Crippen LogP contribution in [0.25, 0.3) is 22.8 Å². The minimum Gasteiger partial charge on any atom is -0.334 e. The first-order chi connectivity index (χ1) is 15.2. The molecule has 1 N–H and O–H groups in total. The third-order valence-electron chi connectivity index (χ3n) is 5.41. The Kier molecular flexibility index (Phi) is 5.03. The van der Waals surface area contributed by atoms with Crippen LogP contribution in [0.3, 0.4) is 0 Å². The summed E-state index contributed by atoms with van der Waals surface area (Å²) in [6.07, 6.45) is 4.46. The normalized spacial score (nSPS) is 13.5. The van der Waals surface area contributed by atoms with Gasteiger partial charge in [0.05, 0.1) is 0 Å². The fourth-order valence-corrected chi connectivity index (χ4v) is 3.82. The van der Waals surface area contributed by atoms with E-state index in [1.807, 2.05) is 24.3 Å². The zero-order valence-corrected chi connectivity index (χ0v) is 17.2. The van der Waals surface area contributed by atoms with Gasteiger partial charge in [0, 0.05) is 35.3 Å². The van der Waals surface area contributed by atoms with Crippen molar-refractivity contribution >= 4 is 11.6 Å². The first kappa shape index (κ1) is 19.2. The van der Waals surface area contributed by atoms with Gasteiger partial charge in [-0.05, 0) is 56.2 Å². The highest BCUT2D eigenvalue weighted by Crippen LogP contribution is 2.25. The van der Waals surface area contributed by atoms with Crippen molar-refractivity contribution in [2.75, 3.05) is 5.32 Å². The average molecular weight is 414 g/mol. The number of hydrogen-bond donors (Lipinski definition) is 1.